The predicted octanol–water partition coefficient (Wildman–Crippen LogP) is 1.73. The van der Waals surface area contributed by atoms with Crippen LogP contribution in [0.3, 0.4) is 0 Å². The molecule has 0 aliphatic carbocycles. The normalized spacial score (nSPS) is 25.5. The third-order valence-electron chi connectivity index (χ3n) is 7.22. The van der Waals surface area contributed by atoms with Gasteiger partial charge in [-0.1, -0.05) is 11.6 Å². The minimum Gasteiger partial charge on any atom is -0.350 e. The van der Waals surface area contributed by atoms with Gasteiger partial charge in [-0.05, 0) is 25.8 Å². The van der Waals surface area contributed by atoms with Gasteiger partial charge in [-0.25, -0.2) is 27.1 Å². The number of carbonyl (C=O) groups is 2. The summed E-state index contributed by atoms with van der Waals surface area (Å²) in [5.74, 6) is -0.463. The van der Waals surface area contributed by atoms with E-state index in [-0.39, 0.29) is 30.2 Å². The van der Waals surface area contributed by atoms with E-state index in [9.17, 15) is 31.2 Å². The van der Waals surface area contributed by atoms with Crippen LogP contribution in [-0.4, -0.2) is 114 Å². The molecule has 4 rings (SSSR count). The minimum atomic E-state index is -4.52. The van der Waals surface area contributed by atoms with Gasteiger partial charge in [0.25, 0.3) is 0 Å². The van der Waals surface area contributed by atoms with Gasteiger partial charge in [-0.2, -0.15) is 22.9 Å². The number of carbonyl (C=O) groups excluding carboxylic acids is 2. The molecule has 3 amide bonds. The van der Waals surface area contributed by atoms with Crippen LogP contribution >= 0.6 is 11.6 Å². The van der Waals surface area contributed by atoms with Crippen LogP contribution in [0.4, 0.5) is 23.8 Å². The molecule has 2 atom stereocenters. The fourth-order valence-electron chi connectivity index (χ4n) is 5.11. The highest BCUT2D eigenvalue weighted by Crippen LogP contribution is 2.35. The number of alkyl halides is 3. The maximum atomic E-state index is 13.2. The average Bonchev–Trinajstić information content (AvgIpc) is 2.84. The van der Waals surface area contributed by atoms with E-state index in [0.717, 1.165) is 28.0 Å². The highest BCUT2D eigenvalue weighted by Gasteiger charge is 2.49. The topological polar surface area (TPSA) is 97.1 Å². The number of urea groups is 1. The zero-order chi connectivity index (χ0) is 27.3. The van der Waals surface area contributed by atoms with Crippen molar-refractivity contribution in [1.29, 1.82) is 0 Å². The van der Waals surface area contributed by atoms with Crippen molar-refractivity contribution in [2.75, 3.05) is 51.7 Å². The van der Waals surface area contributed by atoms with Crippen molar-refractivity contribution >= 4 is 45.6 Å². The number of piperidine rings is 1. The van der Waals surface area contributed by atoms with E-state index in [1.54, 1.807) is 0 Å². The molecule has 0 spiro atoms. The quantitative estimate of drug-likeness (QED) is 0.513. The molecule has 2 fully saturated rings. The third-order valence-corrected chi connectivity index (χ3v) is 9.55. The number of rotatable bonds is 4. The van der Waals surface area contributed by atoms with E-state index >= 15 is 0 Å². The molecule has 3 aliphatic heterocycles. The van der Waals surface area contributed by atoms with Crippen molar-refractivity contribution in [3.8, 4) is 0 Å². The number of nitrogens with zero attached hydrogens (tertiary/aromatic N) is 6. The van der Waals surface area contributed by atoms with Crippen LogP contribution in [-0.2, 0) is 21.0 Å². The SMILES string of the molecule is CC1CN(C2CCN(S(=O)(=O)C3C=[N+](C)C(=O)N(C)C3=O)CC2)CCN1c1ncc(C(F)(F)F)cc1Cl. The molecule has 10 nitrogen and oxygen atoms in total. The summed E-state index contributed by atoms with van der Waals surface area (Å²) in [5, 5.41) is -1.50. The van der Waals surface area contributed by atoms with Crippen molar-refractivity contribution in [3.05, 3.63) is 22.8 Å². The fraction of sp³-hybridized carbons (Fsp3) is 0.636. The Morgan fingerprint density at radius 3 is 2.35 bits per heavy atom. The summed E-state index contributed by atoms with van der Waals surface area (Å²) in [6.45, 7) is 4.17. The molecule has 0 aromatic carbocycles. The lowest BCUT2D eigenvalue weighted by Crippen LogP contribution is -2.59. The van der Waals surface area contributed by atoms with E-state index in [1.807, 2.05) is 11.8 Å². The first-order valence-electron chi connectivity index (χ1n) is 11.8. The first kappa shape index (κ1) is 27.7. The van der Waals surface area contributed by atoms with Gasteiger partial charge in [0.1, 0.15) is 12.0 Å². The number of anilines is 1. The molecule has 4 heterocycles. The molecule has 204 valence electrons. The highest BCUT2D eigenvalue weighted by atomic mass is 35.5. The van der Waals surface area contributed by atoms with Gasteiger partial charge in [0.15, 0.2) is 0 Å². The standard InChI is InChI=1S/C22H29ClF3N6O4S/c1-14-12-30(8-9-32(14)19-17(23)10-15(11-27-19)22(24,25)26)16-4-6-31(7-5-16)37(35,36)18-13-28(2)21(34)29(3)20(18)33/h10-11,13-14,16,18H,4-9,12H2,1-3H3/q+1. The summed E-state index contributed by atoms with van der Waals surface area (Å²) in [6, 6.07) is 0.343. The number of aromatic nitrogens is 1. The summed E-state index contributed by atoms with van der Waals surface area (Å²) < 4.78 is 67.7. The number of piperazine rings is 1. The molecule has 37 heavy (non-hydrogen) atoms. The Bertz CT molecular complexity index is 1220. The van der Waals surface area contributed by atoms with E-state index < -0.39 is 39.0 Å². The largest absolute Gasteiger partial charge is 0.500 e. The van der Waals surface area contributed by atoms with Gasteiger partial charge in [0.2, 0.25) is 15.3 Å². The van der Waals surface area contributed by atoms with Crippen LogP contribution in [0.2, 0.25) is 5.02 Å². The molecular formula is C22H29ClF3N6O4S+. The van der Waals surface area contributed by atoms with Gasteiger partial charge in [-0.3, -0.25) is 4.90 Å². The maximum absolute atomic E-state index is 13.2. The monoisotopic (exact) mass is 565 g/mol. The van der Waals surface area contributed by atoms with Crippen LogP contribution in [0.1, 0.15) is 25.3 Å². The molecule has 0 N–H and O–H groups in total. The van der Waals surface area contributed by atoms with Crippen molar-refractivity contribution in [2.45, 2.75) is 43.3 Å². The zero-order valence-corrected chi connectivity index (χ0v) is 22.2. The molecule has 2 saturated heterocycles. The first-order valence-corrected chi connectivity index (χ1v) is 13.7. The Morgan fingerprint density at radius 2 is 1.78 bits per heavy atom. The Balaban J connectivity index is 1.38. The Morgan fingerprint density at radius 1 is 1.14 bits per heavy atom. The second kappa shape index (κ2) is 10.1. The van der Waals surface area contributed by atoms with Crippen LogP contribution in [0, 0.1) is 0 Å². The summed E-state index contributed by atoms with van der Waals surface area (Å²) in [5.41, 5.74) is -0.897. The summed E-state index contributed by atoms with van der Waals surface area (Å²) in [7, 11) is -1.32. The van der Waals surface area contributed by atoms with Crippen LogP contribution < -0.4 is 4.90 Å². The molecule has 0 saturated carbocycles. The Kier molecular flexibility index (Phi) is 7.58. The Labute approximate surface area is 218 Å². The lowest BCUT2D eigenvalue weighted by molar-refractivity contribution is -0.399. The van der Waals surface area contributed by atoms with Crippen molar-refractivity contribution in [3.63, 3.8) is 0 Å². The molecule has 1 aromatic rings. The number of hydrogen-bond acceptors (Lipinski definition) is 7. The van der Waals surface area contributed by atoms with E-state index in [2.05, 4.69) is 9.88 Å². The smallest absolute Gasteiger partial charge is 0.350 e. The van der Waals surface area contributed by atoms with Crippen LogP contribution in [0.15, 0.2) is 12.3 Å². The molecule has 3 aliphatic rings. The summed E-state index contributed by atoms with van der Waals surface area (Å²) in [6.07, 6.45) is -1.45. The van der Waals surface area contributed by atoms with E-state index in [1.165, 1.54) is 18.4 Å². The number of imide groups is 1. The number of amides is 3. The predicted molar refractivity (Wildman–Crippen MR) is 130 cm³/mol. The van der Waals surface area contributed by atoms with Gasteiger partial charge >= 0.3 is 18.1 Å². The molecule has 0 bridgehead atoms. The fourth-order valence-corrected chi connectivity index (χ4v) is 7.17. The van der Waals surface area contributed by atoms with Gasteiger partial charge < -0.3 is 4.90 Å². The second-order valence-corrected chi connectivity index (χ2v) is 12.1. The van der Waals surface area contributed by atoms with Crippen LogP contribution in [0.25, 0.3) is 0 Å². The Hall–Kier alpha value is -2.29. The van der Waals surface area contributed by atoms with Gasteiger partial charge in [-0.15, -0.1) is 0 Å². The minimum absolute atomic E-state index is 0.0549. The summed E-state index contributed by atoms with van der Waals surface area (Å²) >= 11 is 6.15. The van der Waals surface area contributed by atoms with E-state index in [4.69, 9.17) is 11.6 Å². The molecule has 2 unspecified atom stereocenters. The van der Waals surface area contributed by atoms with Crippen molar-refractivity contribution in [1.82, 2.24) is 19.1 Å². The molecular weight excluding hydrogens is 537 g/mol. The van der Waals surface area contributed by atoms with Crippen molar-refractivity contribution < 1.29 is 35.8 Å². The highest BCUT2D eigenvalue weighted by molar-refractivity contribution is 7.91. The van der Waals surface area contributed by atoms with Crippen LogP contribution in [0.5, 0.6) is 0 Å². The number of halogens is 4. The zero-order valence-electron chi connectivity index (χ0n) is 20.7. The first-order chi connectivity index (χ1) is 17.2. The lowest BCUT2D eigenvalue weighted by Gasteiger charge is -2.46. The summed E-state index contributed by atoms with van der Waals surface area (Å²) in [4.78, 5) is 33.4. The number of sulfonamides is 1. The lowest BCUT2D eigenvalue weighted by atomic mass is 10.0. The second-order valence-electron chi connectivity index (χ2n) is 9.60. The van der Waals surface area contributed by atoms with Gasteiger partial charge in [0.05, 0.1) is 24.7 Å². The maximum Gasteiger partial charge on any atom is 0.500 e. The van der Waals surface area contributed by atoms with E-state index in [0.29, 0.717) is 38.3 Å². The average molecular weight is 566 g/mol. The van der Waals surface area contributed by atoms with Gasteiger partial charge in [0, 0.05) is 51.0 Å². The number of pyridine rings is 1. The molecule has 15 heteroatoms. The molecule has 0 radical (unpaired) electrons. The van der Waals surface area contributed by atoms with Crippen molar-refractivity contribution in [2.24, 2.45) is 0 Å². The number of hydrogen-bond donors (Lipinski definition) is 0. The third kappa shape index (κ3) is 5.33. The molecule has 1 aromatic heterocycles.